The van der Waals surface area contributed by atoms with Crippen LogP contribution in [-0.2, 0) is 5.54 Å². The van der Waals surface area contributed by atoms with E-state index in [0.717, 1.165) is 5.69 Å². The van der Waals surface area contributed by atoms with Crippen LogP contribution in [0.3, 0.4) is 0 Å². The predicted molar refractivity (Wildman–Crippen MR) is 59.4 cm³/mol. The minimum absolute atomic E-state index is 0.157. The largest absolute Gasteiger partial charge is 0.399 e. The number of imidazole rings is 1. The number of hydrogen-bond donors (Lipinski definition) is 1. The SMILES string of the molecule is Nc1ccc(C2(n3ccnc3)CC2)cc1. The molecule has 76 valence electrons. The zero-order chi connectivity index (χ0) is 10.3. The summed E-state index contributed by atoms with van der Waals surface area (Å²) in [6.07, 6.45) is 8.13. The van der Waals surface area contributed by atoms with Crippen molar-refractivity contribution < 1.29 is 0 Å². The Morgan fingerprint density at radius 3 is 2.47 bits per heavy atom. The number of nitrogens with two attached hydrogens (primary N) is 1. The van der Waals surface area contributed by atoms with E-state index in [9.17, 15) is 0 Å². The summed E-state index contributed by atoms with van der Waals surface area (Å²) in [5, 5.41) is 0. The molecular weight excluding hydrogens is 186 g/mol. The molecule has 0 radical (unpaired) electrons. The van der Waals surface area contributed by atoms with Crippen molar-refractivity contribution in [2.24, 2.45) is 0 Å². The van der Waals surface area contributed by atoms with Crippen LogP contribution in [0.25, 0.3) is 0 Å². The average Bonchev–Trinajstić information content (AvgIpc) is 2.88. The van der Waals surface area contributed by atoms with Crippen molar-refractivity contribution in [1.29, 1.82) is 0 Å². The van der Waals surface area contributed by atoms with Crippen molar-refractivity contribution >= 4 is 5.69 Å². The molecule has 1 aromatic carbocycles. The summed E-state index contributed by atoms with van der Waals surface area (Å²) in [6, 6.07) is 8.16. The van der Waals surface area contributed by atoms with E-state index in [0.29, 0.717) is 0 Å². The van der Waals surface area contributed by atoms with Gasteiger partial charge in [-0.1, -0.05) is 12.1 Å². The molecule has 1 aliphatic carbocycles. The van der Waals surface area contributed by atoms with Crippen LogP contribution >= 0.6 is 0 Å². The van der Waals surface area contributed by atoms with Gasteiger partial charge in [-0.25, -0.2) is 4.98 Å². The Morgan fingerprint density at radius 1 is 1.20 bits per heavy atom. The quantitative estimate of drug-likeness (QED) is 0.752. The molecule has 0 bridgehead atoms. The molecule has 1 saturated carbocycles. The van der Waals surface area contributed by atoms with Gasteiger partial charge in [-0.15, -0.1) is 0 Å². The first-order valence-corrected chi connectivity index (χ1v) is 5.16. The van der Waals surface area contributed by atoms with Crippen LogP contribution in [0.2, 0.25) is 0 Å². The Balaban J connectivity index is 2.04. The zero-order valence-corrected chi connectivity index (χ0v) is 8.43. The van der Waals surface area contributed by atoms with Crippen molar-refractivity contribution in [3.8, 4) is 0 Å². The smallest absolute Gasteiger partial charge is 0.0953 e. The Labute approximate surface area is 88.6 Å². The van der Waals surface area contributed by atoms with Gasteiger partial charge in [-0.05, 0) is 30.5 Å². The lowest BCUT2D eigenvalue weighted by Gasteiger charge is -2.17. The lowest BCUT2D eigenvalue weighted by Crippen LogP contribution is -2.16. The Morgan fingerprint density at radius 2 is 1.93 bits per heavy atom. The van der Waals surface area contributed by atoms with Gasteiger partial charge in [0.2, 0.25) is 0 Å². The number of nitrogen functional groups attached to an aromatic ring is 1. The van der Waals surface area contributed by atoms with Crippen LogP contribution in [-0.4, -0.2) is 9.55 Å². The summed E-state index contributed by atoms with van der Waals surface area (Å²) in [5.74, 6) is 0. The molecule has 0 spiro atoms. The molecule has 3 heteroatoms. The topological polar surface area (TPSA) is 43.8 Å². The number of hydrogen-bond acceptors (Lipinski definition) is 2. The normalized spacial score (nSPS) is 17.6. The molecule has 1 fully saturated rings. The van der Waals surface area contributed by atoms with E-state index in [1.807, 2.05) is 30.9 Å². The number of aromatic nitrogens is 2. The Bertz CT molecular complexity index is 452. The van der Waals surface area contributed by atoms with Crippen LogP contribution < -0.4 is 5.73 Å². The van der Waals surface area contributed by atoms with E-state index in [1.165, 1.54) is 18.4 Å². The van der Waals surface area contributed by atoms with Gasteiger partial charge in [-0.2, -0.15) is 0 Å². The van der Waals surface area contributed by atoms with Crippen molar-refractivity contribution in [2.75, 3.05) is 5.73 Å². The molecule has 0 amide bonds. The second-order valence-corrected chi connectivity index (χ2v) is 4.12. The molecule has 2 N–H and O–H groups in total. The maximum Gasteiger partial charge on any atom is 0.0953 e. The van der Waals surface area contributed by atoms with Gasteiger partial charge >= 0.3 is 0 Å². The summed E-state index contributed by atoms with van der Waals surface area (Å²) in [4.78, 5) is 4.11. The van der Waals surface area contributed by atoms with E-state index in [4.69, 9.17) is 5.73 Å². The van der Waals surface area contributed by atoms with Crippen LogP contribution in [0, 0.1) is 0 Å². The second-order valence-electron chi connectivity index (χ2n) is 4.12. The fourth-order valence-electron chi connectivity index (χ4n) is 2.12. The van der Waals surface area contributed by atoms with E-state index in [1.54, 1.807) is 0 Å². The molecule has 1 heterocycles. The molecule has 1 aliphatic rings. The molecule has 15 heavy (non-hydrogen) atoms. The van der Waals surface area contributed by atoms with Crippen LogP contribution in [0.1, 0.15) is 18.4 Å². The molecular formula is C12H13N3. The van der Waals surface area contributed by atoms with Gasteiger partial charge in [0.1, 0.15) is 0 Å². The number of rotatable bonds is 2. The molecule has 0 unspecified atom stereocenters. The third-order valence-electron chi connectivity index (χ3n) is 3.17. The van der Waals surface area contributed by atoms with Gasteiger partial charge in [0.15, 0.2) is 0 Å². The molecule has 3 rings (SSSR count). The summed E-state index contributed by atoms with van der Waals surface area (Å²) in [5.41, 5.74) is 7.99. The predicted octanol–water partition coefficient (Wildman–Crippen LogP) is 2.00. The number of nitrogens with zero attached hydrogens (tertiary/aromatic N) is 2. The van der Waals surface area contributed by atoms with E-state index in [2.05, 4.69) is 21.7 Å². The minimum Gasteiger partial charge on any atom is -0.399 e. The van der Waals surface area contributed by atoms with E-state index >= 15 is 0 Å². The van der Waals surface area contributed by atoms with Gasteiger partial charge < -0.3 is 10.3 Å². The highest BCUT2D eigenvalue weighted by Gasteiger charge is 2.45. The minimum atomic E-state index is 0.157. The summed E-state index contributed by atoms with van der Waals surface area (Å²) in [7, 11) is 0. The summed E-state index contributed by atoms with van der Waals surface area (Å²) in [6.45, 7) is 0. The molecule has 0 saturated heterocycles. The fraction of sp³-hybridized carbons (Fsp3) is 0.250. The summed E-state index contributed by atoms with van der Waals surface area (Å²) < 4.78 is 2.19. The van der Waals surface area contributed by atoms with Gasteiger partial charge in [0.05, 0.1) is 11.9 Å². The lowest BCUT2D eigenvalue weighted by atomic mass is 10.0. The second kappa shape index (κ2) is 2.86. The first kappa shape index (κ1) is 8.53. The van der Waals surface area contributed by atoms with Crippen molar-refractivity contribution in [2.45, 2.75) is 18.4 Å². The molecule has 1 aromatic heterocycles. The van der Waals surface area contributed by atoms with Crippen LogP contribution in [0.15, 0.2) is 43.0 Å². The molecule has 0 atom stereocenters. The van der Waals surface area contributed by atoms with Gasteiger partial charge in [-0.3, -0.25) is 0 Å². The number of benzene rings is 1. The Hall–Kier alpha value is -1.77. The van der Waals surface area contributed by atoms with Gasteiger partial charge in [0, 0.05) is 18.1 Å². The monoisotopic (exact) mass is 199 g/mol. The lowest BCUT2D eigenvalue weighted by molar-refractivity contribution is 0.573. The standard InChI is InChI=1S/C12H13N3/c13-11-3-1-10(2-4-11)12(5-6-12)15-8-7-14-9-15/h1-4,7-9H,5-6,13H2. The van der Waals surface area contributed by atoms with E-state index < -0.39 is 0 Å². The van der Waals surface area contributed by atoms with Crippen LogP contribution in [0.4, 0.5) is 5.69 Å². The molecule has 2 aromatic rings. The van der Waals surface area contributed by atoms with Crippen molar-refractivity contribution in [1.82, 2.24) is 9.55 Å². The third-order valence-corrected chi connectivity index (χ3v) is 3.17. The third kappa shape index (κ3) is 1.23. The summed E-state index contributed by atoms with van der Waals surface area (Å²) >= 11 is 0. The first-order valence-electron chi connectivity index (χ1n) is 5.16. The molecule has 0 aliphatic heterocycles. The molecule has 3 nitrogen and oxygen atoms in total. The highest BCUT2D eigenvalue weighted by atomic mass is 15.1. The van der Waals surface area contributed by atoms with Crippen LogP contribution in [0.5, 0.6) is 0 Å². The van der Waals surface area contributed by atoms with Gasteiger partial charge in [0.25, 0.3) is 0 Å². The first-order chi connectivity index (χ1) is 7.31. The average molecular weight is 199 g/mol. The highest BCUT2D eigenvalue weighted by Crippen LogP contribution is 2.49. The maximum absolute atomic E-state index is 5.69. The van der Waals surface area contributed by atoms with Crippen molar-refractivity contribution in [3.05, 3.63) is 48.5 Å². The Kier molecular flexibility index (Phi) is 1.63. The zero-order valence-electron chi connectivity index (χ0n) is 8.43. The fourth-order valence-corrected chi connectivity index (χ4v) is 2.12. The number of anilines is 1. The van der Waals surface area contributed by atoms with E-state index in [-0.39, 0.29) is 5.54 Å². The van der Waals surface area contributed by atoms with Crippen molar-refractivity contribution in [3.63, 3.8) is 0 Å². The maximum atomic E-state index is 5.69. The highest BCUT2D eigenvalue weighted by molar-refractivity contribution is 5.43.